The third-order valence-electron chi connectivity index (χ3n) is 4.35. The number of rotatable bonds is 9. The number of nitrogens with one attached hydrogen (secondary N) is 1. The largest absolute Gasteiger partial charge is 0.353 e. The van der Waals surface area contributed by atoms with Gasteiger partial charge in [0.2, 0.25) is 15.2 Å². The molecule has 0 atom stereocenters. The molecule has 1 N–H and O–H groups in total. The van der Waals surface area contributed by atoms with Gasteiger partial charge in [-0.1, -0.05) is 59.5 Å². The van der Waals surface area contributed by atoms with Gasteiger partial charge in [-0.15, -0.1) is 10.2 Å². The van der Waals surface area contributed by atoms with Crippen LogP contribution in [0.4, 0.5) is 5.13 Å². The molecule has 1 aromatic heterocycles. The third kappa shape index (κ3) is 5.45. The lowest BCUT2D eigenvalue weighted by Crippen LogP contribution is -2.22. The number of aryl methyl sites for hydroxylation is 1. The Labute approximate surface area is 184 Å². The summed E-state index contributed by atoms with van der Waals surface area (Å²) in [7, 11) is -0.684. The second-order valence-electron chi connectivity index (χ2n) is 6.68. The molecule has 0 radical (unpaired) electrons. The van der Waals surface area contributed by atoms with Crippen molar-refractivity contribution in [3.8, 4) is 0 Å². The molecule has 3 rings (SSSR count). The first kappa shape index (κ1) is 22.4. The molecule has 0 bridgehead atoms. The van der Waals surface area contributed by atoms with Crippen molar-refractivity contribution >= 4 is 44.0 Å². The van der Waals surface area contributed by atoms with E-state index in [0.29, 0.717) is 10.7 Å². The minimum atomic E-state index is -3.59. The number of hydrogen-bond acceptors (Lipinski definition) is 8. The fourth-order valence-corrected chi connectivity index (χ4v) is 5.32. The van der Waals surface area contributed by atoms with Gasteiger partial charge in [-0.3, -0.25) is 4.79 Å². The molecule has 0 saturated heterocycles. The van der Waals surface area contributed by atoms with Crippen LogP contribution in [0.2, 0.25) is 0 Å². The van der Waals surface area contributed by atoms with Crippen LogP contribution in [-0.4, -0.2) is 49.3 Å². The molecule has 0 aliphatic carbocycles. The molecule has 158 valence electrons. The molecule has 0 aliphatic rings. The number of sulfonamides is 1. The quantitative estimate of drug-likeness (QED) is 0.383. The van der Waals surface area contributed by atoms with Gasteiger partial charge < -0.3 is 5.32 Å². The lowest BCUT2D eigenvalue weighted by Gasteiger charge is -2.12. The van der Waals surface area contributed by atoms with Gasteiger partial charge in [-0.05, 0) is 30.2 Å². The van der Waals surface area contributed by atoms with Crippen LogP contribution >= 0.6 is 23.1 Å². The summed E-state index contributed by atoms with van der Waals surface area (Å²) in [5, 5.41) is 11.8. The number of thioether (sulfide) groups is 1. The van der Waals surface area contributed by atoms with E-state index in [1.807, 2.05) is 12.1 Å². The topological polar surface area (TPSA) is 92.3 Å². The lowest BCUT2D eigenvalue weighted by atomic mass is 10.1. The van der Waals surface area contributed by atoms with Crippen molar-refractivity contribution in [2.75, 3.05) is 26.0 Å². The number of aromatic nitrogens is 2. The van der Waals surface area contributed by atoms with E-state index in [9.17, 15) is 13.2 Å². The molecule has 0 amide bonds. The molecular formula is C20H22N4O3S3. The van der Waals surface area contributed by atoms with Crippen molar-refractivity contribution in [3.05, 3.63) is 65.2 Å². The molecule has 0 saturated carbocycles. The lowest BCUT2D eigenvalue weighted by molar-refractivity contribution is 0.101. The highest BCUT2D eigenvalue weighted by Gasteiger charge is 2.19. The highest BCUT2D eigenvalue weighted by Crippen LogP contribution is 2.29. The van der Waals surface area contributed by atoms with Gasteiger partial charge in [0.25, 0.3) is 0 Å². The van der Waals surface area contributed by atoms with Crippen molar-refractivity contribution in [3.63, 3.8) is 0 Å². The number of ketones is 1. The summed E-state index contributed by atoms with van der Waals surface area (Å²) in [5.74, 6) is 0.572. The maximum absolute atomic E-state index is 12.5. The van der Waals surface area contributed by atoms with E-state index in [4.69, 9.17) is 0 Å². The second kappa shape index (κ2) is 9.69. The van der Waals surface area contributed by atoms with Crippen LogP contribution in [0.1, 0.15) is 21.5 Å². The molecule has 3 aromatic rings. The number of carbonyl (C=O) groups is 1. The number of carbonyl (C=O) groups excluding carboxylic acids is 1. The van der Waals surface area contributed by atoms with Gasteiger partial charge >= 0.3 is 0 Å². The number of benzene rings is 2. The summed E-state index contributed by atoms with van der Waals surface area (Å²) in [6.07, 6.45) is 0. The third-order valence-corrected chi connectivity index (χ3v) is 8.23. The first-order chi connectivity index (χ1) is 14.3. The predicted molar refractivity (Wildman–Crippen MR) is 121 cm³/mol. The summed E-state index contributed by atoms with van der Waals surface area (Å²) >= 11 is 2.98. The van der Waals surface area contributed by atoms with Crippen LogP contribution in [0.25, 0.3) is 0 Å². The predicted octanol–water partition coefficient (Wildman–Crippen LogP) is 3.68. The number of nitrogens with zero attached hydrogens (tertiary/aromatic N) is 3. The van der Waals surface area contributed by atoms with E-state index in [1.54, 1.807) is 23.9 Å². The maximum Gasteiger partial charge on any atom is 0.242 e. The van der Waals surface area contributed by atoms with Crippen molar-refractivity contribution in [2.24, 2.45) is 0 Å². The van der Waals surface area contributed by atoms with E-state index in [1.165, 1.54) is 48.7 Å². The molecule has 0 fully saturated rings. The smallest absolute Gasteiger partial charge is 0.242 e. The van der Waals surface area contributed by atoms with E-state index in [-0.39, 0.29) is 17.2 Å². The number of hydrogen-bond donors (Lipinski definition) is 1. The fourth-order valence-electron chi connectivity index (χ4n) is 2.55. The Bertz CT molecular complexity index is 1140. The van der Waals surface area contributed by atoms with Crippen LogP contribution in [0, 0.1) is 6.92 Å². The SMILES string of the molecule is Cc1ccccc1CSc1nnc(NCC(=O)c2cccc(S(=O)(=O)N(C)C)c2)s1. The zero-order chi connectivity index (χ0) is 21.7. The van der Waals surface area contributed by atoms with Crippen LogP contribution in [0.5, 0.6) is 0 Å². The summed E-state index contributed by atoms with van der Waals surface area (Å²) < 4.78 is 26.4. The molecule has 30 heavy (non-hydrogen) atoms. The monoisotopic (exact) mass is 462 g/mol. The molecule has 7 nitrogen and oxygen atoms in total. The Morgan fingerprint density at radius 2 is 1.90 bits per heavy atom. The molecular weight excluding hydrogens is 440 g/mol. The number of anilines is 1. The van der Waals surface area contributed by atoms with E-state index in [2.05, 4.69) is 34.6 Å². The Morgan fingerprint density at radius 3 is 2.63 bits per heavy atom. The van der Waals surface area contributed by atoms with Crippen LogP contribution in [-0.2, 0) is 15.8 Å². The Kier molecular flexibility index (Phi) is 7.24. The van der Waals surface area contributed by atoms with Crippen molar-refractivity contribution in [1.29, 1.82) is 0 Å². The molecule has 2 aromatic carbocycles. The Morgan fingerprint density at radius 1 is 1.13 bits per heavy atom. The number of Topliss-reactive ketones (excluding diaryl/α,β-unsaturated/α-hetero) is 1. The van der Waals surface area contributed by atoms with Crippen molar-refractivity contribution in [1.82, 2.24) is 14.5 Å². The first-order valence-electron chi connectivity index (χ1n) is 9.08. The van der Waals surface area contributed by atoms with Crippen LogP contribution < -0.4 is 5.32 Å². The Hall–Kier alpha value is -2.27. The zero-order valence-corrected chi connectivity index (χ0v) is 19.3. The van der Waals surface area contributed by atoms with Crippen LogP contribution in [0.15, 0.2) is 57.8 Å². The fraction of sp³-hybridized carbons (Fsp3) is 0.250. The van der Waals surface area contributed by atoms with Crippen molar-refractivity contribution < 1.29 is 13.2 Å². The second-order valence-corrected chi connectivity index (χ2v) is 11.0. The average Bonchev–Trinajstić information content (AvgIpc) is 3.19. The van der Waals surface area contributed by atoms with Gasteiger partial charge in [-0.25, -0.2) is 12.7 Å². The first-order valence-corrected chi connectivity index (χ1v) is 12.3. The molecule has 0 unspecified atom stereocenters. The zero-order valence-electron chi connectivity index (χ0n) is 16.8. The standard InChI is InChI=1S/C20H22N4O3S3/c1-14-7-4-5-8-16(14)13-28-20-23-22-19(29-20)21-12-18(25)15-9-6-10-17(11-15)30(26,27)24(2)3/h4-11H,12-13H2,1-3H3,(H,21,22). The highest BCUT2D eigenvalue weighted by molar-refractivity contribution is 8.00. The normalized spacial score (nSPS) is 11.6. The highest BCUT2D eigenvalue weighted by atomic mass is 32.2. The van der Waals surface area contributed by atoms with Gasteiger partial charge in [0.15, 0.2) is 10.1 Å². The van der Waals surface area contributed by atoms with Gasteiger partial charge in [0.05, 0.1) is 11.4 Å². The average molecular weight is 463 g/mol. The van der Waals surface area contributed by atoms with Crippen molar-refractivity contribution in [2.45, 2.75) is 21.9 Å². The van der Waals surface area contributed by atoms with Gasteiger partial charge in [0.1, 0.15) is 0 Å². The van der Waals surface area contributed by atoms with E-state index < -0.39 is 10.0 Å². The maximum atomic E-state index is 12.5. The summed E-state index contributed by atoms with van der Waals surface area (Å²) in [6.45, 7) is 2.08. The van der Waals surface area contributed by atoms with E-state index >= 15 is 0 Å². The van der Waals surface area contributed by atoms with E-state index in [0.717, 1.165) is 14.4 Å². The summed E-state index contributed by atoms with van der Waals surface area (Å²) in [6, 6.07) is 14.2. The Balaban J connectivity index is 1.59. The van der Waals surface area contributed by atoms with Gasteiger partial charge in [0, 0.05) is 25.4 Å². The molecule has 0 aliphatic heterocycles. The molecule has 10 heteroatoms. The minimum absolute atomic E-state index is 0.00254. The molecule has 0 spiro atoms. The minimum Gasteiger partial charge on any atom is -0.353 e. The molecule has 1 heterocycles. The van der Waals surface area contributed by atoms with Crippen LogP contribution in [0.3, 0.4) is 0 Å². The summed E-state index contributed by atoms with van der Waals surface area (Å²) in [4.78, 5) is 12.6. The van der Waals surface area contributed by atoms with Gasteiger partial charge in [-0.2, -0.15) is 0 Å². The summed E-state index contributed by atoms with van der Waals surface area (Å²) in [5.41, 5.74) is 2.80.